The minimum Gasteiger partial charge on any atom is -0.351 e. The minimum atomic E-state index is -3.19. The van der Waals surface area contributed by atoms with Gasteiger partial charge in [-0.15, -0.1) is 10.2 Å². The van der Waals surface area contributed by atoms with Gasteiger partial charge < -0.3 is 4.90 Å². The van der Waals surface area contributed by atoms with Gasteiger partial charge in [-0.1, -0.05) is 30.1 Å². The normalized spacial score (nSPS) is 20.6. The largest absolute Gasteiger partial charge is 0.351 e. The number of sulfone groups is 1. The first kappa shape index (κ1) is 15.2. The highest BCUT2D eigenvalue weighted by molar-refractivity contribution is 8.01. The van der Waals surface area contributed by atoms with Crippen molar-refractivity contribution in [3.05, 3.63) is 16.4 Å². The molecule has 2 heterocycles. The van der Waals surface area contributed by atoms with Gasteiger partial charge in [0.2, 0.25) is 0 Å². The first-order valence-electron chi connectivity index (χ1n) is 5.70. The molecule has 1 aromatic heterocycles. The van der Waals surface area contributed by atoms with Crippen LogP contribution in [0.1, 0.15) is 6.92 Å². The van der Waals surface area contributed by atoms with E-state index in [-0.39, 0.29) is 16.1 Å². The Bertz CT molecular complexity index is 568. The molecule has 1 unspecified atom stereocenters. The van der Waals surface area contributed by atoms with Crippen LogP contribution in [0.5, 0.6) is 0 Å². The Balaban J connectivity index is 2.42. The Hall–Kier alpha value is -0.240. The molecule has 1 fully saturated rings. The average Bonchev–Trinajstić information content (AvgIpc) is 2.41. The molecule has 1 saturated heterocycles. The number of thioether (sulfide) groups is 1. The van der Waals surface area contributed by atoms with E-state index in [4.69, 9.17) is 23.2 Å². The standard InChI is InChI=1S/C10H13Cl2N3O2S2/c1-2-19(16,17)9-6-18-4-3-15(9)7-5-8(11)13-14-10(7)12/h5,9H,2-4,6H2,1H3. The van der Waals surface area contributed by atoms with Crippen molar-refractivity contribution in [2.75, 3.05) is 28.7 Å². The zero-order valence-corrected chi connectivity index (χ0v) is 13.4. The van der Waals surface area contributed by atoms with Crippen LogP contribution in [0.3, 0.4) is 0 Å². The molecule has 1 aliphatic rings. The zero-order chi connectivity index (χ0) is 14.0. The number of halogens is 2. The highest BCUT2D eigenvalue weighted by atomic mass is 35.5. The summed E-state index contributed by atoms with van der Waals surface area (Å²) in [6, 6.07) is 1.56. The lowest BCUT2D eigenvalue weighted by atomic mass is 10.4. The van der Waals surface area contributed by atoms with Crippen molar-refractivity contribution in [2.45, 2.75) is 12.3 Å². The molecule has 0 aliphatic carbocycles. The van der Waals surface area contributed by atoms with Crippen LogP contribution in [-0.2, 0) is 9.84 Å². The van der Waals surface area contributed by atoms with E-state index in [1.807, 2.05) is 0 Å². The first-order valence-corrected chi connectivity index (χ1v) is 9.33. The smallest absolute Gasteiger partial charge is 0.175 e. The van der Waals surface area contributed by atoms with Crippen molar-refractivity contribution in [1.29, 1.82) is 0 Å². The van der Waals surface area contributed by atoms with E-state index < -0.39 is 15.2 Å². The number of aromatic nitrogens is 2. The lowest BCUT2D eigenvalue weighted by molar-refractivity contribution is 0.579. The maximum atomic E-state index is 12.2. The minimum absolute atomic E-state index is 0.0958. The van der Waals surface area contributed by atoms with Crippen LogP contribution in [0, 0.1) is 0 Å². The molecule has 0 N–H and O–H groups in total. The van der Waals surface area contributed by atoms with Crippen LogP contribution in [0.2, 0.25) is 10.3 Å². The number of nitrogens with zero attached hydrogens (tertiary/aromatic N) is 3. The molecule has 0 spiro atoms. The highest BCUT2D eigenvalue weighted by Gasteiger charge is 2.34. The topological polar surface area (TPSA) is 63.2 Å². The van der Waals surface area contributed by atoms with E-state index >= 15 is 0 Å². The lowest BCUT2D eigenvalue weighted by Crippen LogP contribution is -2.48. The van der Waals surface area contributed by atoms with Crippen molar-refractivity contribution in [1.82, 2.24) is 10.2 Å². The molecule has 106 valence electrons. The predicted molar refractivity (Wildman–Crippen MR) is 80.0 cm³/mol. The van der Waals surface area contributed by atoms with Crippen LogP contribution in [-0.4, -0.2) is 47.8 Å². The SMILES string of the molecule is CCS(=O)(=O)C1CSCCN1c1cc(Cl)nnc1Cl. The number of rotatable bonds is 3. The van der Waals surface area contributed by atoms with Gasteiger partial charge in [0.15, 0.2) is 20.1 Å². The maximum Gasteiger partial charge on any atom is 0.175 e. The van der Waals surface area contributed by atoms with Crippen molar-refractivity contribution >= 4 is 50.5 Å². The second kappa shape index (κ2) is 6.03. The fourth-order valence-electron chi connectivity index (χ4n) is 1.89. The van der Waals surface area contributed by atoms with Crippen LogP contribution < -0.4 is 4.90 Å². The van der Waals surface area contributed by atoms with Crippen molar-refractivity contribution in [3.63, 3.8) is 0 Å². The highest BCUT2D eigenvalue weighted by Crippen LogP contribution is 2.32. The van der Waals surface area contributed by atoms with E-state index in [2.05, 4.69) is 10.2 Å². The summed E-state index contributed by atoms with van der Waals surface area (Å²) in [5.41, 5.74) is 0.531. The van der Waals surface area contributed by atoms with Gasteiger partial charge in [-0.3, -0.25) is 0 Å². The van der Waals surface area contributed by atoms with E-state index in [0.29, 0.717) is 18.0 Å². The Morgan fingerprint density at radius 2 is 2.21 bits per heavy atom. The Morgan fingerprint density at radius 1 is 1.47 bits per heavy atom. The number of anilines is 1. The fraction of sp³-hybridized carbons (Fsp3) is 0.600. The summed E-state index contributed by atoms with van der Waals surface area (Å²) >= 11 is 13.5. The van der Waals surface area contributed by atoms with Gasteiger partial charge in [-0.05, 0) is 0 Å². The van der Waals surface area contributed by atoms with Gasteiger partial charge in [0, 0.05) is 29.9 Å². The summed E-state index contributed by atoms with van der Waals surface area (Å²) in [7, 11) is -3.19. The molecule has 0 bridgehead atoms. The molecule has 0 amide bonds. The molecule has 19 heavy (non-hydrogen) atoms. The van der Waals surface area contributed by atoms with E-state index in [9.17, 15) is 8.42 Å². The van der Waals surface area contributed by atoms with Gasteiger partial charge in [-0.25, -0.2) is 8.42 Å². The molecule has 9 heteroatoms. The molecule has 0 radical (unpaired) electrons. The van der Waals surface area contributed by atoms with Crippen LogP contribution in [0.25, 0.3) is 0 Å². The van der Waals surface area contributed by atoms with Crippen LogP contribution in [0.4, 0.5) is 5.69 Å². The third kappa shape index (κ3) is 3.26. The summed E-state index contributed by atoms with van der Waals surface area (Å²) in [6.07, 6.45) is 0. The van der Waals surface area contributed by atoms with Crippen molar-refractivity contribution < 1.29 is 8.42 Å². The summed E-state index contributed by atoms with van der Waals surface area (Å²) in [4.78, 5) is 1.76. The third-order valence-corrected chi connectivity index (χ3v) is 6.65. The van der Waals surface area contributed by atoms with Gasteiger partial charge in [0.1, 0.15) is 5.37 Å². The third-order valence-electron chi connectivity index (χ3n) is 2.91. The molecular weight excluding hydrogens is 329 g/mol. The first-order chi connectivity index (χ1) is 8.95. The van der Waals surface area contributed by atoms with Gasteiger partial charge in [0.05, 0.1) is 5.69 Å². The molecule has 5 nitrogen and oxygen atoms in total. The van der Waals surface area contributed by atoms with Crippen molar-refractivity contribution in [3.8, 4) is 0 Å². The summed E-state index contributed by atoms with van der Waals surface area (Å²) in [5, 5.41) is 7.16. The van der Waals surface area contributed by atoms with Crippen LogP contribution in [0.15, 0.2) is 6.07 Å². The Kier molecular flexibility index (Phi) is 4.81. The maximum absolute atomic E-state index is 12.2. The Morgan fingerprint density at radius 3 is 2.89 bits per heavy atom. The van der Waals surface area contributed by atoms with E-state index in [0.717, 1.165) is 5.75 Å². The predicted octanol–water partition coefficient (Wildman–Crippen LogP) is 2.10. The molecule has 1 aliphatic heterocycles. The molecule has 1 aromatic rings. The average molecular weight is 342 g/mol. The molecular formula is C10H13Cl2N3O2S2. The summed E-state index contributed by atoms with van der Waals surface area (Å²) < 4.78 is 24.3. The molecule has 0 saturated carbocycles. The quantitative estimate of drug-likeness (QED) is 0.838. The molecule has 0 aromatic carbocycles. The summed E-state index contributed by atoms with van der Waals surface area (Å²) in [6.45, 7) is 2.24. The van der Waals surface area contributed by atoms with Crippen molar-refractivity contribution in [2.24, 2.45) is 0 Å². The number of hydrogen-bond donors (Lipinski definition) is 0. The fourth-order valence-corrected chi connectivity index (χ4v) is 5.22. The Labute approximate surface area is 126 Å². The molecule has 2 rings (SSSR count). The summed E-state index contributed by atoms with van der Waals surface area (Å²) in [5.74, 6) is 1.46. The monoisotopic (exact) mass is 341 g/mol. The second-order valence-electron chi connectivity index (χ2n) is 4.02. The second-order valence-corrected chi connectivity index (χ2v) is 8.36. The number of hydrogen-bond acceptors (Lipinski definition) is 6. The molecule has 1 atom stereocenters. The van der Waals surface area contributed by atoms with Gasteiger partial charge in [-0.2, -0.15) is 11.8 Å². The lowest BCUT2D eigenvalue weighted by Gasteiger charge is -2.36. The van der Waals surface area contributed by atoms with Crippen LogP contribution >= 0.6 is 35.0 Å². The van der Waals surface area contributed by atoms with Gasteiger partial charge in [0.25, 0.3) is 0 Å². The van der Waals surface area contributed by atoms with E-state index in [1.54, 1.807) is 29.7 Å². The van der Waals surface area contributed by atoms with Gasteiger partial charge >= 0.3 is 0 Å². The van der Waals surface area contributed by atoms with E-state index in [1.165, 1.54) is 0 Å². The zero-order valence-electron chi connectivity index (χ0n) is 10.2.